The van der Waals surface area contributed by atoms with E-state index in [9.17, 15) is 4.79 Å². The number of amides is 1. The van der Waals surface area contributed by atoms with E-state index in [1.807, 2.05) is 13.0 Å². The molecule has 5 nitrogen and oxygen atoms in total. The Balaban J connectivity index is 2.16. The number of pyridine rings is 1. The summed E-state index contributed by atoms with van der Waals surface area (Å²) in [5.41, 5.74) is 1.26. The molecule has 0 unspecified atom stereocenters. The number of nitrogens with one attached hydrogen (secondary N) is 2. The van der Waals surface area contributed by atoms with Crippen LogP contribution in [0.25, 0.3) is 0 Å². The summed E-state index contributed by atoms with van der Waals surface area (Å²) in [6.07, 6.45) is 0. The molecule has 0 radical (unpaired) electrons. The Morgan fingerprint density at radius 1 is 1.50 bits per heavy atom. The van der Waals surface area contributed by atoms with Gasteiger partial charge in [0.15, 0.2) is 5.15 Å². The summed E-state index contributed by atoms with van der Waals surface area (Å²) in [7, 11) is 0. The Morgan fingerprint density at radius 2 is 2.22 bits per heavy atom. The SMILES string of the molecule is CCNC(=O)c1ccc(N2CCNCC2)c(Cl)n1. The molecule has 0 bridgehead atoms. The molecule has 1 aliphatic heterocycles. The molecule has 0 spiro atoms. The molecule has 98 valence electrons. The Morgan fingerprint density at radius 3 is 2.83 bits per heavy atom. The van der Waals surface area contributed by atoms with Crippen molar-refractivity contribution in [2.45, 2.75) is 6.92 Å². The third-order valence-electron chi connectivity index (χ3n) is 2.86. The molecule has 0 aliphatic carbocycles. The highest BCUT2D eigenvalue weighted by Gasteiger charge is 2.16. The van der Waals surface area contributed by atoms with Crippen LogP contribution >= 0.6 is 11.6 Å². The number of anilines is 1. The zero-order valence-electron chi connectivity index (χ0n) is 10.4. The average molecular weight is 269 g/mol. The fraction of sp³-hybridized carbons (Fsp3) is 0.500. The van der Waals surface area contributed by atoms with Gasteiger partial charge in [-0.1, -0.05) is 11.6 Å². The number of rotatable bonds is 3. The van der Waals surface area contributed by atoms with Crippen molar-refractivity contribution in [3.05, 3.63) is 23.0 Å². The van der Waals surface area contributed by atoms with Gasteiger partial charge in [-0.25, -0.2) is 4.98 Å². The summed E-state index contributed by atoms with van der Waals surface area (Å²) in [5, 5.41) is 6.37. The molecular formula is C12H17ClN4O. The number of aromatic nitrogens is 1. The van der Waals surface area contributed by atoms with Crippen molar-refractivity contribution < 1.29 is 4.79 Å². The standard InChI is InChI=1S/C12H17ClN4O/c1-2-15-12(18)9-3-4-10(11(13)16-9)17-7-5-14-6-8-17/h3-4,14H,2,5-8H2,1H3,(H,15,18). The lowest BCUT2D eigenvalue weighted by Crippen LogP contribution is -2.43. The predicted octanol–water partition coefficient (Wildman–Crippen LogP) is 0.894. The molecule has 1 amide bonds. The third-order valence-corrected chi connectivity index (χ3v) is 3.13. The van der Waals surface area contributed by atoms with Gasteiger partial charge >= 0.3 is 0 Å². The minimum absolute atomic E-state index is 0.189. The predicted molar refractivity (Wildman–Crippen MR) is 72.3 cm³/mol. The quantitative estimate of drug-likeness (QED) is 0.800. The summed E-state index contributed by atoms with van der Waals surface area (Å²) < 4.78 is 0. The maximum Gasteiger partial charge on any atom is 0.269 e. The van der Waals surface area contributed by atoms with Crippen LogP contribution in [-0.4, -0.2) is 43.6 Å². The van der Waals surface area contributed by atoms with Gasteiger partial charge in [0, 0.05) is 32.7 Å². The maximum absolute atomic E-state index is 11.6. The second kappa shape index (κ2) is 6.02. The molecule has 18 heavy (non-hydrogen) atoms. The number of halogens is 1. The second-order valence-electron chi connectivity index (χ2n) is 4.10. The first-order valence-electron chi connectivity index (χ1n) is 6.12. The molecular weight excluding hydrogens is 252 g/mol. The molecule has 6 heteroatoms. The number of hydrogen-bond donors (Lipinski definition) is 2. The van der Waals surface area contributed by atoms with Crippen LogP contribution in [0.4, 0.5) is 5.69 Å². The Kier molecular flexibility index (Phi) is 4.38. The van der Waals surface area contributed by atoms with Gasteiger partial charge in [0.25, 0.3) is 5.91 Å². The van der Waals surface area contributed by atoms with E-state index in [4.69, 9.17) is 11.6 Å². The van der Waals surface area contributed by atoms with Crippen LogP contribution in [0.15, 0.2) is 12.1 Å². The van der Waals surface area contributed by atoms with E-state index in [0.717, 1.165) is 31.9 Å². The number of nitrogens with zero attached hydrogens (tertiary/aromatic N) is 2. The first kappa shape index (κ1) is 13.1. The molecule has 0 atom stereocenters. The van der Waals surface area contributed by atoms with Crippen LogP contribution in [0.5, 0.6) is 0 Å². The number of carbonyl (C=O) groups is 1. The summed E-state index contributed by atoms with van der Waals surface area (Å²) in [4.78, 5) is 18.0. The number of carbonyl (C=O) groups excluding carboxylic acids is 1. The number of hydrogen-bond acceptors (Lipinski definition) is 4. The van der Waals surface area contributed by atoms with Crippen molar-refractivity contribution in [3.63, 3.8) is 0 Å². The lowest BCUT2D eigenvalue weighted by molar-refractivity contribution is 0.0951. The minimum Gasteiger partial charge on any atom is -0.366 e. The van der Waals surface area contributed by atoms with Crippen molar-refractivity contribution in [1.29, 1.82) is 0 Å². The fourth-order valence-electron chi connectivity index (χ4n) is 1.95. The lowest BCUT2D eigenvalue weighted by Gasteiger charge is -2.29. The zero-order chi connectivity index (χ0) is 13.0. The summed E-state index contributed by atoms with van der Waals surface area (Å²) in [5.74, 6) is -0.189. The summed E-state index contributed by atoms with van der Waals surface area (Å²) >= 11 is 6.15. The highest BCUT2D eigenvalue weighted by molar-refractivity contribution is 6.32. The molecule has 1 aromatic rings. The van der Waals surface area contributed by atoms with E-state index in [2.05, 4.69) is 20.5 Å². The second-order valence-corrected chi connectivity index (χ2v) is 4.46. The van der Waals surface area contributed by atoms with E-state index >= 15 is 0 Å². The van der Waals surface area contributed by atoms with E-state index in [0.29, 0.717) is 17.4 Å². The molecule has 1 fully saturated rings. The summed E-state index contributed by atoms with van der Waals surface area (Å²) in [6.45, 7) is 6.14. The summed E-state index contributed by atoms with van der Waals surface area (Å²) in [6, 6.07) is 3.58. The van der Waals surface area contributed by atoms with Gasteiger partial charge in [-0.3, -0.25) is 4.79 Å². The van der Waals surface area contributed by atoms with Crippen LogP contribution in [0.3, 0.4) is 0 Å². The van der Waals surface area contributed by atoms with Gasteiger partial charge in [-0.15, -0.1) is 0 Å². The van der Waals surface area contributed by atoms with Gasteiger partial charge in [0.1, 0.15) is 5.69 Å². The van der Waals surface area contributed by atoms with Gasteiger partial charge in [-0.2, -0.15) is 0 Å². The minimum atomic E-state index is -0.189. The Hall–Kier alpha value is -1.33. The van der Waals surface area contributed by atoms with Crippen LogP contribution < -0.4 is 15.5 Å². The van der Waals surface area contributed by atoms with Crippen LogP contribution in [0.1, 0.15) is 17.4 Å². The zero-order valence-corrected chi connectivity index (χ0v) is 11.1. The molecule has 1 aromatic heterocycles. The van der Waals surface area contributed by atoms with E-state index in [1.54, 1.807) is 6.07 Å². The van der Waals surface area contributed by atoms with Gasteiger partial charge in [0.2, 0.25) is 0 Å². The number of piperazine rings is 1. The van der Waals surface area contributed by atoms with Crippen LogP contribution in [-0.2, 0) is 0 Å². The smallest absolute Gasteiger partial charge is 0.269 e. The maximum atomic E-state index is 11.6. The van der Waals surface area contributed by atoms with Crippen molar-refractivity contribution in [2.24, 2.45) is 0 Å². The molecule has 0 saturated carbocycles. The van der Waals surface area contributed by atoms with Crippen molar-refractivity contribution in [3.8, 4) is 0 Å². The Labute approximate surface area is 112 Å². The van der Waals surface area contributed by atoms with Crippen molar-refractivity contribution in [1.82, 2.24) is 15.6 Å². The first-order chi connectivity index (χ1) is 8.72. The third kappa shape index (κ3) is 2.91. The molecule has 1 saturated heterocycles. The first-order valence-corrected chi connectivity index (χ1v) is 6.50. The molecule has 2 heterocycles. The van der Waals surface area contributed by atoms with Crippen LogP contribution in [0.2, 0.25) is 5.15 Å². The molecule has 0 aromatic carbocycles. The average Bonchev–Trinajstić information content (AvgIpc) is 2.40. The topological polar surface area (TPSA) is 57.3 Å². The van der Waals surface area contributed by atoms with Crippen molar-refractivity contribution >= 4 is 23.2 Å². The van der Waals surface area contributed by atoms with Gasteiger partial charge in [0.05, 0.1) is 5.69 Å². The highest BCUT2D eigenvalue weighted by Crippen LogP contribution is 2.24. The molecule has 2 N–H and O–H groups in total. The molecule has 2 rings (SSSR count). The van der Waals surface area contributed by atoms with Gasteiger partial charge in [-0.05, 0) is 19.1 Å². The van der Waals surface area contributed by atoms with Gasteiger partial charge < -0.3 is 15.5 Å². The fourth-order valence-corrected chi connectivity index (χ4v) is 2.22. The van der Waals surface area contributed by atoms with E-state index in [1.165, 1.54) is 0 Å². The Bertz CT molecular complexity index is 432. The molecule has 1 aliphatic rings. The lowest BCUT2D eigenvalue weighted by atomic mass is 10.2. The highest BCUT2D eigenvalue weighted by atomic mass is 35.5. The van der Waals surface area contributed by atoms with Crippen molar-refractivity contribution in [2.75, 3.05) is 37.6 Å². The van der Waals surface area contributed by atoms with Crippen LogP contribution in [0, 0.1) is 0 Å². The normalized spacial score (nSPS) is 15.6. The monoisotopic (exact) mass is 268 g/mol. The van der Waals surface area contributed by atoms with E-state index < -0.39 is 0 Å². The largest absolute Gasteiger partial charge is 0.366 e. The van der Waals surface area contributed by atoms with E-state index in [-0.39, 0.29) is 5.91 Å².